The third kappa shape index (κ3) is 10.7. The monoisotopic (exact) mass is 527 g/mol. The molecule has 1 aromatic carbocycles. The number of rotatable bonds is 14. The van der Waals surface area contributed by atoms with Gasteiger partial charge in [-0.15, -0.1) is 0 Å². The molecule has 0 radical (unpaired) electrons. The summed E-state index contributed by atoms with van der Waals surface area (Å²) in [5.41, 5.74) is 3.39. The molecule has 202 valence electrons. The molecule has 8 heteroatoms. The zero-order valence-corrected chi connectivity index (χ0v) is 22.9. The maximum Gasteiger partial charge on any atom is 0.222 e. The van der Waals surface area contributed by atoms with Gasteiger partial charge >= 0.3 is 0 Å². The highest BCUT2D eigenvalue weighted by Crippen LogP contribution is 2.19. The molecule has 0 N–H and O–H groups in total. The van der Waals surface area contributed by atoms with Crippen LogP contribution in [0.2, 0.25) is 0 Å². The van der Waals surface area contributed by atoms with E-state index in [1.54, 1.807) is 0 Å². The van der Waals surface area contributed by atoms with Gasteiger partial charge < -0.3 is 14.4 Å². The smallest absolute Gasteiger partial charge is 0.222 e. The van der Waals surface area contributed by atoms with Gasteiger partial charge in [-0.2, -0.15) is 0 Å². The Morgan fingerprint density at radius 1 is 0.865 bits per heavy atom. The second-order valence-corrected chi connectivity index (χ2v) is 11.3. The number of carbonyl (C=O) groups is 1. The molecule has 1 fully saturated rings. The van der Waals surface area contributed by atoms with E-state index in [0.717, 1.165) is 50.1 Å². The van der Waals surface area contributed by atoms with Crippen LogP contribution < -0.4 is 9.47 Å². The van der Waals surface area contributed by atoms with E-state index < -0.39 is 10.1 Å². The average Bonchev–Trinajstić information content (AvgIpc) is 2.90. The maximum atomic E-state index is 12.5. The average molecular weight is 528 g/mol. The Morgan fingerprint density at radius 2 is 1.49 bits per heavy atom. The van der Waals surface area contributed by atoms with Crippen molar-refractivity contribution in [2.24, 2.45) is 0 Å². The number of anilines is 1. The minimum atomic E-state index is -4.12. The predicted octanol–water partition coefficient (Wildman–Crippen LogP) is 4.48. The lowest BCUT2D eigenvalue weighted by atomic mass is 10.1. The Kier molecular flexibility index (Phi) is 11.6. The Balaban J connectivity index is 1.40. The Bertz CT molecular complexity index is 1090. The minimum Gasteiger partial charge on any atom is -0.748 e. The Hall–Kier alpha value is -2.71. The van der Waals surface area contributed by atoms with Gasteiger partial charge in [0.15, 0.2) is 12.4 Å². The van der Waals surface area contributed by atoms with Crippen molar-refractivity contribution >= 4 is 33.9 Å². The fourth-order valence-electron chi connectivity index (χ4n) is 4.54. The first-order valence-corrected chi connectivity index (χ1v) is 15.2. The van der Waals surface area contributed by atoms with Crippen LogP contribution in [-0.2, 0) is 21.5 Å². The number of nitrogens with zero attached hydrogens (tertiary/aromatic N) is 3. The molecule has 7 nitrogen and oxygen atoms in total. The highest BCUT2D eigenvalue weighted by Gasteiger charge is 2.20. The van der Waals surface area contributed by atoms with Crippen molar-refractivity contribution in [3.63, 3.8) is 0 Å². The molecule has 1 amide bonds. The molecule has 0 unspecified atom stereocenters. The number of benzene rings is 1. The fraction of sp³-hybridized carbons (Fsp3) is 0.517. The number of hydrogen-bond acceptors (Lipinski definition) is 5. The van der Waals surface area contributed by atoms with Crippen molar-refractivity contribution in [3.8, 4) is 0 Å². The summed E-state index contributed by atoms with van der Waals surface area (Å²) in [6.45, 7) is 6.21. The molecule has 0 aliphatic carbocycles. The van der Waals surface area contributed by atoms with Crippen LogP contribution >= 0.6 is 0 Å². The van der Waals surface area contributed by atoms with E-state index in [-0.39, 0.29) is 5.75 Å². The summed E-state index contributed by atoms with van der Waals surface area (Å²) in [4.78, 5) is 16.9. The molecule has 0 atom stereocenters. The number of amides is 1. The minimum absolute atomic E-state index is 0.303. The molecule has 3 rings (SSSR count). The van der Waals surface area contributed by atoms with Crippen molar-refractivity contribution < 1.29 is 22.3 Å². The van der Waals surface area contributed by atoms with Gasteiger partial charge in [-0.25, -0.2) is 13.0 Å². The van der Waals surface area contributed by atoms with Gasteiger partial charge in [0.05, 0.1) is 10.1 Å². The molecule has 1 saturated heterocycles. The molecular formula is C29H41N3O4S. The lowest BCUT2D eigenvalue weighted by Crippen LogP contribution is -2.48. The number of carbonyl (C=O) groups excluding carboxylic acids is 1. The van der Waals surface area contributed by atoms with Crippen LogP contribution in [0.15, 0.2) is 48.8 Å². The van der Waals surface area contributed by atoms with Crippen LogP contribution in [0.3, 0.4) is 0 Å². The van der Waals surface area contributed by atoms with Gasteiger partial charge in [0, 0.05) is 62.6 Å². The zero-order chi connectivity index (χ0) is 26.5. The van der Waals surface area contributed by atoms with E-state index in [9.17, 15) is 17.8 Å². The molecule has 1 aliphatic heterocycles. The van der Waals surface area contributed by atoms with Gasteiger partial charge in [-0.05, 0) is 36.1 Å². The number of pyridine rings is 1. The SMILES string of the molecule is CCCCCCCC(=O)N1CCN(c2ccc(/C=C/c3cc[n+](CCCCS(=O)(=O)[O-])cc3)cc2)CC1. The summed E-state index contributed by atoms with van der Waals surface area (Å²) in [5.74, 6) is 0.000219. The highest BCUT2D eigenvalue weighted by atomic mass is 32.2. The van der Waals surface area contributed by atoms with Crippen LogP contribution in [0.1, 0.15) is 69.4 Å². The zero-order valence-electron chi connectivity index (χ0n) is 22.1. The van der Waals surface area contributed by atoms with Gasteiger partial charge in [0.1, 0.15) is 6.54 Å². The standard InChI is InChI=1S/C29H41N3O4S/c1-2-3-4-5-6-9-29(33)32-23-21-31(22-24-32)28-14-12-26(13-15-28)10-11-27-16-19-30(20-17-27)18-7-8-25-37(34,35)36/h10-17,19-20H,2-9,18,21-25H2,1H3. The van der Waals surface area contributed by atoms with E-state index in [0.29, 0.717) is 31.7 Å². The summed E-state index contributed by atoms with van der Waals surface area (Å²) < 4.78 is 34.0. The number of aryl methyl sites for hydroxylation is 1. The van der Waals surface area contributed by atoms with E-state index in [1.807, 2.05) is 34.0 Å². The van der Waals surface area contributed by atoms with E-state index in [4.69, 9.17) is 0 Å². The summed E-state index contributed by atoms with van der Waals surface area (Å²) in [7, 11) is -4.12. The van der Waals surface area contributed by atoms with Crippen LogP contribution in [0.5, 0.6) is 0 Å². The van der Waals surface area contributed by atoms with E-state index >= 15 is 0 Å². The first-order chi connectivity index (χ1) is 17.8. The summed E-state index contributed by atoms with van der Waals surface area (Å²) in [6, 6.07) is 12.6. The van der Waals surface area contributed by atoms with Gasteiger partial charge in [0.2, 0.25) is 5.91 Å². The second kappa shape index (κ2) is 14.9. The molecule has 2 aromatic rings. The number of aromatic nitrogens is 1. The Morgan fingerprint density at radius 3 is 2.11 bits per heavy atom. The van der Waals surface area contributed by atoms with E-state index in [2.05, 4.69) is 48.2 Å². The van der Waals surface area contributed by atoms with Crippen LogP contribution in [0.4, 0.5) is 5.69 Å². The third-order valence-electron chi connectivity index (χ3n) is 6.83. The van der Waals surface area contributed by atoms with Gasteiger partial charge in [-0.3, -0.25) is 4.79 Å². The lowest BCUT2D eigenvalue weighted by Gasteiger charge is -2.36. The first-order valence-electron chi connectivity index (χ1n) is 13.6. The van der Waals surface area contributed by atoms with Crippen LogP contribution in [-0.4, -0.2) is 55.7 Å². The Labute approximate surface area is 222 Å². The lowest BCUT2D eigenvalue weighted by molar-refractivity contribution is -0.697. The molecule has 0 bridgehead atoms. The molecule has 1 aromatic heterocycles. The summed E-state index contributed by atoms with van der Waals surface area (Å²) in [6.07, 6.45) is 15.7. The van der Waals surface area contributed by atoms with Crippen molar-refractivity contribution in [3.05, 3.63) is 59.9 Å². The number of unbranched alkanes of at least 4 members (excludes halogenated alkanes) is 5. The third-order valence-corrected chi connectivity index (χ3v) is 7.62. The number of hydrogen-bond donors (Lipinski definition) is 0. The first kappa shape index (κ1) is 28.9. The van der Waals surface area contributed by atoms with Crippen molar-refractivity contribution in [2.45, 2.75) is 64.8 Å². The number of piperazine rings is 1. The summed E-state index contributed by atoms with van der Waals surface area (Å²) in [5, 5.41) is 0. The molecular weight excluding hydrogens is 486 g/mol. The molecule has 37 heavy (non-hydrogen) atoms. The molecule has 1 aliphatic rings. The van der Waals surface area contributed by atoms with Gasteiger partial charge in [0.25, 0.3) is 0 Å². The van der Waals surface area contributed by atoms with Gasteiger partial charge in [-0.1, -0.05) is 56.9 Å². The van der Waals surface area contributed by atoms with Crippen molar-refractivity contribution in [1.82, 2.24) is 4.90 Å². The topological polar surface area (TPSA) is 84.6 Å². The highest BCUT2D eigenvalue weighted by molar-refractivity contribution is 7.85. The fourth-order valence-corrected chi connectivity index (χ4v) is 5.10. The summed E-state index contributed by atoms with van der Waals surface area (Å²) >= 11 is 0. The largest absolute Gasteiger partial charge is 0.748 e. The normalized spacial score (nSPS) is 14.4. The van der Waals surface area contributed by atoms with Crippen molar-refractivity contribution in [1.29, 1.82) is 0 Å². The molecule has 2 heterocycles. The van der Waals surface area contributed by atoms with E-state index in [1.165, 1.54) is 24.9 Å². The molecule has 0 spiro atoms. The van der Waals surface area contributed by atoms with Crippen LogP contribution in [0.25, 0.3) is 12.2 Å². The quantitative estimate of drug-likeness (QED) is 0.205. The second-order valence-electron chi connectivity index (χ2n) is 9.80. The van der Waals surface area contributed by atoms with Crippen LogP contribution in [0, 0.1) is 0 Å². The maximum absolute atomic E-state index is 12.5. The molecule has 0 saturated carbocycles. The predicted molar refractivity (Wildman–Crippen MR) is 148 cm³/mol. The van der Waals surface area contributed by atoms with Crippen molar-refractivity contribution in [2.75, 3.05) is 36.8 Å².